The molecule has 3 aromatic rings. The van der Waals surface area contributed by atoms with Crippen LogP contribution in [0, 0.1) is 5.82 Å². The van der Waals surface area contributed by atoms with Crippen LogP contribution < -0.4 is 15.0 Å². The number of methoxy groups -OCH3 is 1. The highest BCUT2D eigenvalue weighted by molar-refractivity contribution is 6.30. The molecular weight excluding hydrogens is 397 g/mol. The van der Waals surface area contributed by atoms with Crippen LogP contribution in [0.5, 0.6) is 5.88 Å². The van der Waals surface area contributed by atoms with Crippen molar-refractivity contribution in [1.29, 1.82) is 0 Å². The third kappa shape index (κ3) is 4.17. The molecule has 1 fully saturated rings. The van der Waals surface area contributed by atoms with E-state index in [2.05, 4.69) is 20.2 Å². The summed E-state index contributed by atoms with van der Waals surface area (Å²) in [5.41, 5.74) is 1.86. The summed E-state index contributed by atoms with van der Waals surface area (Å²) in [6.07, 6.45) is 0. The predicted molar refractivity (Wildman–Crippen MR) is 110 cm³/mol. The van der Waals surface area contributed by atoms with Crippen molar-refractivity contribution in [1.82, 2.24) is 14.9 Å². The lowest BCUT2D eigenvalue weighted by atomic mass is 10.2. The van der Waals surface area contributed by atoms with Gasteiger partial charge in [-0.15, -0.1) is 0 Å². The van der Waals surface area contributed by atoms with E-state index in [1.54, 1.807) is 4.90 Å². The second kappa shape index (κ2) is 8.08. The molecule has 2 amide bonds. The fourth-order valence-corrected chi connectivity index (χ4v) is 3.44. The van der Waals surface area contributed by atoms with Crippen LogP contribution in [0.25, 0.3) is 11.0 Å². The van der Waals surface area contributed by atoms with Gasteiger partial charge in [-0.1, -0.05) is 17.7 Å². The van der Waals surface area contributed by atoms with Crippen molar-refractivity contribution in [2.75, 3.05) is 43.5 Å². The highest BCUT2D eigenvalue weighted by atomic mass is 35.5. The Morgan fingerprint density at radius 3 is 2.62 bits per heavy atom. The molecule has 0 atom stereocenters. The molecule has 0 radical (unpaired) electrons. The molecule has 0 unspecified atom stereocenters. The highest BCUT2D eigenvalue weighted by Crippen LogP contribution is 2.25. The van der Waals surface area contributed by atoms with E-state index in [4.69, 9.17) is 16.3 Å². The summed E-state index contributed by atoms with van der Waals surface area (Å²) >= 11 is 6.07. The van der Waals surface area contributed by atoms with Crippen molar-refractivity contribution < 1.29 is 13.9 Å². The summed E-state index contributed by atoms with van der Waals surface area (Å²) in [5, 5.41) is 3.44. The smallest absolute Gasteiger partial charge is 0.323 e. The summed E-state index contributed by atoms with van der Waals surface area (Å²) in [6.45, 7) is 2.47. The molecule has 150 valence electrons. The number of carbonyl (C=O) groups excluding carboxylic acids is 1. The minimum absolute atomic E-state index is 0.133. The number of nitrogens with one attached hydrogen (secondary N) is 1. The van der Waals surface area contributed by atoms with Crippen LogP contribution >= 0.6 is 11.6 Å². The van der Waals surface area contributed by atoms with Crippen LogP contribution in [0.4, 0.5) is 20.7 Å². The number of halogens is 2. The van der Waals surface area contributed by atoms with E-state index in [0.29, 0.717) is 42.2 Å². The Kier molecular flexibility index (Phi) is 5.35. The van der Waals surface area contributed by atoms with Gasteiger partial charge in [-0.25, -0.2) is 19.2 Å². The number of benzene rings is 2. The molecule has 0 aliphatic carbocycles. The number of urea groups is 1. The SMILES string of the molecule is COc1nc2cc(F)ccc2nc1NC(=O)N1CCN(c2cccc(Cl)c2)CC1. The third-order valence-corrected chi connectivity index (χ3v) is 4.99. The monoisotopic (exact) mass is 415 g/mol. The van der Waals surface area contributed by atoms with E-state index in [1.807, 2.05) is 24.3 Å². The number of hydrogen-bond donors (Lipinski definition) is 1. The van der Waals surface area contributed by atoms with Gasteiger partial charge in [0.25, 0.3) is 5.88 Å². The van der Waals surface area contributed by atoms with Crippen LogP contribution in [-0.2, 0) is 0 Å². The van der Waals surface area contributed by atoms with Gasteiger partial charge in [0.05, 0.1) is 18.1 Å². The Morgan fingerprint density at radius 2 is 1.90 bits per heavy atom. The zero-order chi connectivity index (χ0) is 20.4. The molecule has 1 aromatic heterocycles. The summed E-state index contributed by atoms with van der Waals surface area (Å²) in [6, 6.07) is 11.4. The second-order valence-electron chi connectivity index (χ2n) is 6.60. The van der Waals surface area contributed by atoms with E-state index < -0.39 is 5.82 Å². The third-order valence-electron chi connectivity index (χ3n) is 4.75. The van der Waals surface area contributed by atoms with Crippen molar-refractivity contribution in [2.24, 2.45) is 0 Å². The first kappa shape index (κ1) is 19.2. The Bertz CT molecular complexity index is 1060. The number of anilines is 2. The van der Waals surface area contributed by atoms with Crippen molar-refractivity contribution in [2.45, 2.75) is 0 Å². The quantitative estimate of drug-likeness (QED) is 0.704. The van der Waals surface area contributed by atoms with Gasteiger partial charge < -0.3 is 14.5 Å². The van der Waals surface area contributed by atoms with E-state index in [0.717, 1.165) is 5.69 Å². The minimum atomic E-state index is -0.414. The largest absolute Gasteiger partial charge is 0.478 e. The number of carbonyl (C=O) groups is 1. The number of aromatic nitrogens is 2. The van der Waals surface area contributed by atoms with Crippen LogP contribution in [0.15, 0.2) is 42.5 Å². The molecule has 4 rings (SSSR count). The molecule has 1 aliphatic rings. The molecule has 1 saturated heterocycles. The average Bonchev–Trinajstić information content (AvgIpc) is 2.73. The van der Waals surface area contributed by atoms with Crippen LogP contribution in [-0.4, -0.2) is 54.2 Å². The number of rotatable bonds is 3. The lowest BCUT2D eigenvalue weighted by Gasteiger charge is -2.36. The first-order chi connectivity index (χ1) is 14.0. The Labute approximate surface area is 172 Å². The van der Waals surface area contributed by atoms with E-state index in [1.165, 1.54) is 25.3 Å². The zero-order valence-corrected chi connectivity index (χ0v) is 16.5. The molecule has 1 aliphatic heterocycles. The Morgan fingerprint density at radius 1 is 1.10 bits per heavy atom. The Hall–Kier alpha value is -3.13. The topological polar surface area (TPSA) is 70.6 Å². The van der Waals surface area contributed by atoms with Gasteiger partial charge in [0, 0.05) is 43.0 Å². The number of ether oxygens (including phenoxy) is 1. The first-order valence-electron chi connectivity index (χ1n) is 9.11. The first-order valence-corrected chi connectivity index (χ1v) is 9.49. The molecule has 9 heteroatoms. The number of nitrogens with zero attached hydrogens (tertiary/aromatic N) is 4. The van der Waals surface area contributed by atoms with Gasteiger partial charge >= 0.3 is 6.03 Å². The normalized spacial score (nSPS) is 14.2. The van der Waals surface area contributed by atoms with Crippen molar-refractivity contribution in [3.8, 4) is 5.88 Å². The Balaban J connectivity index is 1.45. The van der Waals surface area contributed by atoms with Crippen LogP contribution in [0.2, 0.25) is 5.02 Å². The molecule has 1 N–H and O–H groups in total. The maximum absolute atomic E-state index is 13.4. The number of piperazine rings is 1. The maximum Gasteiger partial charge on any atom is 0.323 e. The van der Waals surface area contributed by atoms with Crippen molar-refractivity contribution in [3.05, 3.63) is 53.3 Å². The fraction of sp³-hybridized carbons (Fsp3) is 0.250. The van der Waals surface area contributed by atoms with Gasteiger partial charge in [0.1, 0.15) is 5.82 Å². The van der Waals surface area contributed by atoms with Gasteiger partial charge in [-0.2, -0.15) is 0 Å². The number of hydrogen-bond acceptors (Lipinski definition) is 5. The van der Waals surface area contributed by atoms with Gasteiger partial charge in [0.2, 0.25) is 0 Å². The van der Waals surface area contributed by atoms with Crippen LogP contribution in [0.1, 0.15) is 0 Å². The minimum Gasteiger partial charge on any atom is -0.478 e. The van der Waals surface area contributed by atoms with Gasteiger partial charge in [0.15, 0.2) is 5.82 Å². The van der Waals surface area contributed by atoms with E-state index >= 15 is 0 Å². The molecule has 2 aromatic carbocycles. The molecule has 29 heavy (non-hydrogen) atoms. The lowest BCUT2D eigenvalue weighted by molar-refractivity contribution is 0.208. The summed E-state index contributed by atoms with van der Waals surface area (Å²) in [7, 11) is 1.43. The molecule has 0 bridgehead atoms. The van der Waals surface area contributed by atoms with E-state index in [9.17, 15) is 9.18 Å². The lowest BCUT2D eigenvalue weighted by Crippen LogP contribution is -2.50. The summed E-state index contributed by atoms with van der Waals surface area (Å²) < 4.78 is 18.6. The maximum atomic E-state index is 13.4. The molecule has 0 spiro atoms. The zero-order valence-electron chi connectivity index (χ0n) is 15.7. The molecular formula is C20H19ClFN5O2. The molecule has 7 nitrogen and oxygen atoms in total. The molecule has 2 heterocycles. The number of fused-ring (bicyclic) bond motifs is 1. The highest BCUT2D eigenvalue weighted by Gasteiger charge is 2.23. The van der Waals surface area contributed by atoms with Gasteiger partial charge in [-0.3, -0.25) is 5.32 Å². The fourth-order valence-electron chi connectivity index (χ4n) is 3.26. The summed E-state index contributed by atoms with van der Waals surface area (Å²) in [4.78, 5) is 25.2. The second-order valence-corrected chi connectivity index (χ2v) is 7.04. The molecule has 0 saturated carbocycles. The summed E-state index contributed by atoms with van der Waals surface area (Å²) in [5.74, 6) is -0.0777. The van der Waals surface area contributed by atoms with Crippen molar-refractivity contribution in [3.63, 3.8) is 0 Å². The van der Waals surface area contributed by atoms with Crippen molar-refractivity contribution >= 4 is 40.2 Å². The van der Waals surface area contributed by atoms with Gasteiger partial charge in [-0.05, 0) is 30.3 Å². The standard InChI is InChI=1S/C20H19ClFN5O2/c1-29-19-18(23-16-6-5-14(22)12-17(16)24-19)25-20(28)27-9-7-26(8-10-27)15-4-2-3-13(21)11-15/h2-6,11-12H,7-10H2,1H3,(H,23,25,28). The predicted octanol–water partition coefficient (Wildman–Crippen LogP) is 3.79. The number of amides is 2. The van der Waals surface area contributed by atoms with E-state index in [-0.39, 0.29) is 17.7 Å². The average molecular weight is 416 g/mol. The van der Waals surface area contributed by atoms with Crippen LogP contribution in [0.3, 0.4) is 0 Å².